The highest BCUT2D eigenvalue weighted by atomic mass is 16.2. The van der Waals surface area contributed by atoms with Gasteiger partial charge in [0.25, 0.3) is 5.91 Å². The third kappa shape index (κ3) is 4.93. The minimum absolute atomic E-state index is 0.0262. The van der Waals surface area contributed by atoms with Crippen molar-refractivity contribution in [2.24, 2.45) is 0 Å². The zero-order valence-corrected chi connectivity index (χ0v) is 17.6. The van der Waals surface area contributed by atoms with Crippen LogP contribution in [0, 0.1) is 0 Å². The lowest BCUT2D eigenvalue weighted by molar-refractivity contribution is -0.135. The Morgan fingerprint density at radius 2 is 1.94 bits per heavy atom. The Morgan fingerprint density at radius 3 is 2.71 bits per heavy atom. The van der Waals surface area contributed by atoms with Gasteiger partial charge in [0.05, 0.1) is 6.04 Å². The third-order valence-electron chi connectivity index (χ3n) is 6.11. The van der Waals surface area contributed by atoms with E-state index in [2.05, 4.69) is 10.3 Å². The molecule has 4 rings (SSSR count). The molecule has 2 saturated heterocycles. The van der Waals surface area contributed by atoms with Gasteiger partial charge in [-0.05, 0) is 49.3 Å². The van der Waals surface area contributed by atoms with Crippen LogP contribution in [0.15, 0.2) is 54.9 Å². The normalized spacial score (nSPS) is 21.3. The third-order valence-corrected chi connectivity index (χ3v) is 6.11. The molecule has 0 spiro atoms. The summed E-state index contributed by atoms with van der Waals surface area (Å²) in [5.41, 5.74) is 2.13. The zero-order chi connectivity index (χ0) is 21.6. The molecule has 2 aliphatic heterocycles. The number of carbonyl (C=O) groups excluding carboxylic acids is 3. The van der Waals surface area contributed by atoms with Crippen LogP contribution >= 0.6 is 0 Å². The number of nitrogens with zero attached hydrogens (tertiary/aromatic N) is 3. The molecular formula is C24H28N4O3. The number of aromatic nitrogens is 1. The molecule has 2 aromatic rings. The molecule has 7 heteroatoms. The lowest BCUT2D eigenvalue weighted by atomic mass is 9.95. The number of benzene rings is 1. The summed E-state index contributed by atoms with van der Waals surface area (Å²) < 4.78 is 0. The van der Waals surface area contributed by atoms with Gasteiger partial charge in [0.2, 0.25) is 5.91 Å². The Balaban J connectivity index is 1.32. The van der Waals surface area contributed by atoms with Crippen LogP contribution in [0.1, 0.15) is 49.3 Å². The van der Waals surface area contributed by atoms with Gasteiger partial charge in [-0.15, -0.1) is 0 Å². The second-order valence-corrected chi connectivity index (χ2v) is 8.15. The van der Waals surface area contributed by atoms with Crippen molar-refractivity contribution in [3.8, 4) is 0 Å². The largest absolute Gasteiger partial charge is 0.336 e. The van der Waals surface area contributed by atoms with E-state index in [1.54, 1.807) is 6.20 Å². The van der Waals surface area contributed by atoms with Gasteiger partial charge in [0, 0.05) is 31.9 Å². The van der Waals surface area contributed by atoms with Crippen LogP contribution in [0.3, 0.4) is 0 Å². The predicted molar refractivity (Wildman–Crippen MR) is 116 cm³/mol. The molecule has 2 aliphatic rings. The highest BCUT2D eigenvalue weighted by Crippen LogP contribution is 2.31. The molecule has 2 atom stereocenters. The molecule has 0 bridgehead atoms. The van der Waals surface area contributed by atoms with Crippen molar-refractivity contribution in [3.05, 3.63) is 66.0 Å². The second kappa shape index (κ2) is 9.73. The summed E-state index contributed by atoms with van der Waals surface area (Å²) in [5, 5.41) is 2.75. The van der Waals surface area contributed by atoms with E-state index in [4.69, 9.17) is 0 Å². The SMILES string of the molecule is O=C1N[C@@H](CCC(=O)N2CCCC[C@H]2c2cccnc2)C(=O)N1CCc1ccccc1. The Bertz CT molecular complexity index is 919. The van der Waals surface area contributed by atoms with Crippen LogP contribution in [0.4, 0.5) is 4.79 Å². The Hall–Kier alpha value is -3.22. The summed E-state index contributed by atoms with van der Waals surface area (Å²) >= 11 is 0. The smallest absolute Gasteiger partial charge is 0.324 e. The van der Waals surface area contributed by atoms with Crippen molar-refractivity contribution in [3.63, 3.8) is 0 Å². The fourth-order valence-corrected chi connectivity index (χ4v) is 4.43. The van der Waals surface area contributed by atoms with Crippen molar-refractivity contribution in [1.82, 2.24) is 20.1 Å². The summed E-state index contributed by atoms with van der Waals surface area (Å²) in [6.07, 6.45) is 7.71. The maximum Gasteiger partial charge on any atom is 0.324 e. The monoisotopic (exact) mass is 420 g/mol. The molecule has 2 fully saturated rings. The van der Waals surface area contributed by atoms with Crippen molar-refractivity contribution in [2.75, 3.05) is 13.1 Å². The first kappa shape index (κ1) is 21.0. The Morgan fingerprint density at radius 1 is 1.10 bits per heavy atom. The molecule has 0 saturated carbocycles. The standard InChI is InChI=1S/C24H28N4O3/c29-22(27-15-5-4-10-21(27)19-9-6-14-25-17-19)12-11-20-23(30)28(24(31)26-20)16-13-18-7-2-1-3-8-18/h1-3,6-9,14,17,20-21H,4-5,10-13,15-16H2,(H,26,31)/t20-,21-/m0/s1. The van der Waals surface area contributed by atoms with Gasteiger partial charge in [-0.25, -0.2) is 4.79 Å². The number of imide groups is 1. The van der Waals surface area contributed by atoms with Crippen LogP contribution < -0.4 is 5.32 Å². The van der Waals surface area contributed by atoms with Crippen molar-refractivity contribution >= 4 is 17.8 Å². The molecule has 31 heavy (non-hydrogen) atoms. The number of pyridine rings is 1. The minimum atomic E-state index is -0.631. The molecule has 3 heterocycles. The van der Waals surface area contributed by atoms with Gasteiger partial charge < -0.3 is 10.2 Å². The molecular weight excluding hydrogens is 392 g/mol. The lowest BCUT2D eigenvalue weighted by Crippen LogP contribution is -2.39. The number of nitrogens with one attached hydrogen (secondary N) is 1. The average Bonchev–Trinajstić information content (AvgIpc) is 3.09. The van der Waals surface area contributed by atoms with E-state index >= 15 is 0 Å². The van der Waals surface area contributed by atoms with Crippen LogP contribution in [-0.4, -0.2) is 51.8 Å². The van der Waals surface area contributed by atoms with Crippen molar-refractivity contribution in [1.29, 1.82) is 0 Å². The van der Waals surface area contributed by atoms with Gasteiger partial charge in [-0.3, -0.25) is 19.5 Å². The Kier molecular flexibility index (Phi) is 6.60. The van der Waals surface area contributed by atoms with E-state index in [0.29, 0.717) is 25.9 Å². The molecule has 7 nitrogen and oxygen atoms in total. The van der Waals surface area contributed by atoms with Gasteiger partial charge in [0.15, 0.2) is 0 Å². The van der Waals surface area contributed by atoms with Crippen LogP contribution in [0.25, 0.3) is 0 Å². The van der Waals surface area contributed by atoms with Gasteiger partial charge in [-0.1, -0.05) is 36.4 Å². The van der Waals surface area contributed by atoms with Crippen LogP contribution in [-0.2, 0) is 16.0 Å². The van der Waals surface area contributed by atoms with E-state index < -0.39 is 6.04 Å². The summed E-state index contributed by atoms with van der Waals surface area (Å²) in [6, 6.07) is 12.7. The quantitative estimate of drug-likeness (QED) is 0.698. The van der Waals surface area contributed by atoms with Crippen LogP contribution in [0.2, 0.25) is 0 Å². The number of amides is 4. The topological polar surface area (TPSA) is 82.6 Å². The van der Waals surface area contributed by atoms with E-state index in [1.165, 1.54) is 4.90 Å². The average molecular weight is 421 g/mol. The highest BCUT2D eigenvalue weighted by Gasteiger charge is 2.38. The number of rotatable bonds is 7. The zero-order valence-electron chi connectivity index (χ0n) is 17.6. The number of carbonyl (C=O) groups is 3. The molecule has 1 N–H and O–H groups in total. The first-order chi connectivity index (χ1) is 15.1. The number of hydrogen-bond donors (Lipinski definition) is 1. The Labute approximate surface area is 182 Å². The number of likely N-dealkylation sites (tertiary alicyclic amines) is 1. The molecule has 4 amide bonds. The minimum Gasteiger partial charge on any atom is -0.336 e. The van der Waals surface area contributed by atoms with E-state index in [0.717, 1.165) is 30.4 Å². The second-order valence-electron chi connectivity index (χ2n) is 8.15. The fraction of sp³-hybridized carbons (Fsp3) is 0.417. The first-order valence-electron chi connectivity index (χ1n) is 11.0. The molecule has 0 radical (unpaired) electrons. The van der Waals surface area contributed by atoms with Gasteiger partial charge in [-0.2, -0.15) is 0 Å². The number of piperidine rings is 1. The van der Waals surface area contributed by atoms with Crippen molar-refractivity contribution in [2.45, 2.75) is 50.6 Å². The molecule has 0 unspecified atom stereocenters. The molecule has 162 valence electrons. The predicted octanol–water partition coefficient (Wildman–Crippen LogP) is 3.08. The number of hydrogen-bond acceptors (Lipinski definition) is 4. The summed E-state index contributed by atoms with van der Waals surface area (Å²) in [7, 11) is 0. The first-order valence-corrected chi connectivity index (χ1v) is 11.0. The molecule has 1 aromatic heterocycles. The van der Waals surface area contributed by atoms with E-state index in [9.17, 15) is 14.4 Å². The van der Waals surface area contributed by atoms with Crippen LogP contribution in [0.5, 0.6) is 0 Å². The maximum absolute atomic E-state index is 13.0. The number of urea groups is 1. The lowest BCUT2D eigenvalue weighted by Gasteiger charge is -2.36. The van der Waals surface area contributed by atoms with Gasteiger partial charge in [0.1, 0.15) is 6.04 Å². The fourth-order valence-electron chi connectivity index (χ4n) is 4.43. The highest BCUT2D eigenvalue weighted by molar-refractivity contribution is 6.04. The van der Waals surface area contributed by atoms with Crippen molar-refractivity contribution < 1.29 is 14.4 Å². The van der Waals surface area contributed by atoms with E-state index in [-0.39, 0.29) is 30.3 Å². The maximum atomic E-state index is 13.0. The molecule has 1 aromatic carbocycles. The summed E-state index contributed by atoms with van der Waals surface area (Å²) in [6.45, 7) is 1.06. The summed E-state index contributed by atoms with van der Waals surface area (Å²) in [5.74, 6) is -0.213. The van der Waals surface area contributed by atoms with Gasteiger partial charge >= 0.3 is 6.03 Å². The van der Waals surface area contributed by atoms with E-state index in [1.807, 2.05) is 53.6 Å². The molecule has 0 aliphatic carbocycles. The summed E-state index contributed by atoms with van der Waals surface area (Å²) in [4.78, 5) is 45.4.